The van der Waals surface area contributed by atoms with Crippen molar-refractivity contribution >= 4 is 36.2 Å². The van der Waals surface area contributed by atoms with Crippen LogP contribution >= 0.6 is 0 Å². The molecule has 30 heavy (non-hydrogen) atoms. The summed E-state index contributed by atoms with van der Waals surface area (Å²) in [6.07, 6.45) is 6.52. The Labute approximate surface area is 179 Å². The second kappa shape index (κ2) is 12.4. The Morgan fingerprint density at radius 1 is 0.767 bits per heavy atom. The van der Waals surface area contributed by atoms with Crippen LogP contribution < -0.4 is 11.5 Å². The zero-order chi connectivity index (χ0) is 21.6. The van der Waals surface area contributed by atoms with Gasteiger partial charge in [0.05, 0.1) is 23.8 Å². The van der Waals surface area contributed by atoms with Crippen molar-refractivity contribution in [1.29, 1.82) is 0 Å². The number of nitrogens with zero attached hydrogens (tertiary/aromatic N) is 8. The molecule has 0 saturated heterocycles. The third kappa shape index (κ3) is 7.88. The molecule has 4 aromatic rings. The summed E-state index contributed by atoms with van der Waals surface area (Å²) >= 11 is 1.06. The summed E-state index contributed by atoms with van der Waals surface area (Å²) in [4.78, 5) is 23.7. The summed E-state index contributed by atoms with van der Waals surface area (Å²) in [5, 5.41) is 12.5. The molecule has 4 rings (SSSR count). The molecule has 0 bridgehead atoms. The number of aromatic nitrogens is 8. The van der Waals surface area contributed by atoms with Gasteiger partial charge in [0.2, 0.25) is 11.9 Å². The van der Waals surface area contributed by atoms with Gasteiger partial charge in [0.1, 0.15) is 0 Å². The van der Waals surface area contributed by atoms with Gasteiger partial charge < -0.3 is 11.5 Å². The molecule has 0 aliphatic carbocycles. The molecule has 0 unspecified atom stereocenters. The molecular weight excluding hydrogens is 427 g/mol. The van der Waals surface area contributed by atoms with Crippen LogP contribution in [-0.4, -0.2) is 52.8 Å². The molecule has 0 amide bonds. The molecule has 4 aromatic heterocycles. The fourth-order valence-electron chi connectivity index (χ4n) is 1.80. The van der Waals surface area contributed by atoms with E-state index in [1.165, 1.54) is 0 Å². The van der Waals surface area contributed by atoms with Crippen LogP contribution in [0.4, 0.5) is 23.8 Å². The normalized spacial score (nSPS) is 10.3. The summed E-state index contributed by atoms with van der Waals surface area (Å²) < 4.78 is 8.19. The van der Waals surface area contributed by atoms with E-state index in [1.807, 2.05) is 36.4 Å². The molecule has 0 aromatic carbocycles. The van der Waals surface area contributed by atoms with Crippen LogP contribution in [0.15, 0.2) is 58.8 Å². The molecular formula is C16H16N12OV+2. The van der Waals surface area contributed by atoms with Crippen molar-refractivity contribution in [3.8, 4) is 0 Å². The van der Waals surface area contributed by atoms with E-state index in [0.29, 0.717) is 11.9 Å². The van der Waals surface area contributed by atoms with Gasteiger partial charge in [0.15, 0.2) is 0 Å². The van der Waals surface area contributed by atoms with E-state index in [2.05, 4.69) is 50.3 Å². The Balaban J connectivity index is 0.000000197. The molecule has 0 fully saturated rings. The Morgan fingerprint density at radius 3 is 1.50 bits per heavy atom. The van der Waals surface area contributed by atoms with Crippen LogP contribution in [0.1, 0.15) is 11.4 Å². The number of hydrogen-bond donors (Lipinski definition) is 4. The van der Waals surface area contributed by atoms with Crippen molar-refractivity contribution in [2.45, 2.75) is 0 Å². The maximum atomic E-state index is 8.19. The van der Waals surface area contributed by atoms with Gasteiger partial charge >= 0.3 is 21.0 Å². The summed E-state index contributed by atoms with van der Waals surface area (Å²) in [6.45, 7) is 0. The molecule has 0 saturated carbocycles. The SMILES string of the molecule is Nc1nc(/N=C/c2ccccn2)n[nH]1.Nc1nc(/N=C/c2ccccn2)n[nH]1.[O]=[V+2]. The number of nitrogens with two attached hydrogens (primary N) is 2. The van der Waals surface area contributed by atoms with Crippen molar-refractivity contribution < 1.29 is 21.0 Å². The molecule has 13 nitrogen and oxygen atoms in total. The van der Waals surface area contributed by atoms with Gasteiger partial charge in [-0.1, -0.05) is 12.1 Å². The van der Waals surface area contributed by atoms with E-state index < -0.39 is 0 Å². The second-order valence-electron chi connectivity index (χ2n) is 5.07. The number of nitrogens with one attached hydrogen (secondary N) is 2. The number of aliphatic imine (C=N–C) groups is 2. The van der Waals surface area contributed by atoms with Crippen LogP contribution in [-0.2, 0) is 21.0 Å². The van der Waals surface area contributed by atoms with Crippen molar-refractivity contribution in [1.82, 2.24) is 40.3 Å². The molecule has 0 aliphatic rings. The number of pyridine rings is 2. The summed E-state index contributed by atoms with van der Waals surface area (Å²) in [5.41, 5.74) is 12.2. The quantitative estimate of drug-likeness (QED) is 0.331. The molecule has 0 aliphatic heterocycles. The summed E-state index contributed by atoms with van der Waals surface area (Å²) in [7, 11) is 0. The Hall–Kier alpha value is -4.10. The number of anilines is 2. The minimum absolute atomic E-state index is 0.248. The third-order valence-electron chi connectivity index (χ3n) is 2.98. The number of hydrogen-bond acceptors (Lipinski definition) is 11. The van der Waals surface area contributed by atoms with E-state index in [4.69, 9.17) is 15.1 Å². The zero-order valence-corrected chi connectivity index (χ0v) is 16.8. The van der Waals surface area contributed by atoms with Gasteiger partial charge in [-0.3, -0.25) is 9.97 Å². The first-order valence-electron chi connectivity index (χ1n) is 8.13. The number of rotatable bonds is 4. The average molecular weight is 443 g/mol. The number of nitrogen functional groups attached to an aromatic ring is 2. The van der Waals surface area contributed by atoms with Gasteiger partial charge in [-0.2, -0.15) is 9.97 Å². The van der Waals surface area contributed by atoms with E-state index >= 15 is 0 Å². The van der Waals surface area contributed by atoms with Crippen LogP contribution in [0, 0.1) is 0 Å². The van der Waals surface area contributed by atoms with Crippen molar-refractivity contribution in [3.05, 3.63) is 60.2 Å². The second-order valence-corrected chi connectivity index (χ2v) is 5.07. The van der Waals surface area contributed by atoms with Crippen LogP contribution in [0.2, 0.25) is 0 Å². The zero-order valence-electron chi connectivity index (χ0n) is 15.4. The first kappa shape index (κ1) is 22.2. The van der Waals surface area contributed by atoms with Crippen LogP contribution in [0.3, 0.4) is 0 Å². The molecule has 4 heterocycles. The predicted molar refractivity (Wildman–Crippen MR) is 105 cm³/mol. The maximum absolute atomic E-state index is 8.19. The standard InChI is InChI=1S/2C8H8N6.O.V/c2*9-7-12-8(14-13-7)11-5-6-3-1-2-4-10-6;;/h2*1-5H,(H3,9,12,13,14);;/q;;;+2/b2*11-5+;;. The van der Waals surface area contributed by atoms with Crippen LogP contribution in [0.25, 0.3) is 0 Å². The van der Waals surface area contributed by atoms with E-state index in [9.17, 15) is 0 Å². The van der Waals surface area contributed by atoms with Crippen molar-refractivity contribution in [2.75, 3.05) is 11.5 Å². The van der Waals surface area contributed by atoms with Crippen molar-refractivity contribution in [3.63, 3.8) is 0 Å². The van der Waals surface area contributed by atoms with Gasteiger partial charge in [-0.05, 0) is 24.3 Å². The van der Waals surface area contributed by atoms with Crippen molar-refractivity contribution in [2.24, 2.45) is 9.98 Å². The number of H-pyrrole nitrogens is 2. The molecule has 0 atom stereocenters. The number of aromatic amines is 2. The van der Waals surface area contributed by atoms with Gasteiger partial charge in [0, 0.05) is 12.4 Å². The molecule has 6 N–H and O–H groups in total. The first-order chi connectivity index (χ1) is 14.7. The molecule has 0 radical (unpaired) electrons. The molecule has 14 heteroatoms. The Morgan fingerprint density at radius 2 is 1.20 bits per heavy atom. The Kier molecular flexibility index (Phi) is 9.16. The first-order valence-corrected chi connectivity index (χ1v) is 8.70. The summed E-state index contributed by atoms with van der Waals surface area (Å²) in [5.74, 6) is 1.10. The average Bonchev–Trinajstić information content (AvgIpc) is 3.42. The predicted octanol–water partition coefficient (Wildman–Crippen LogP) is 0.944. The van der Waals surface area contributed by atoms with E-state index in [0.717, 1.165) is 28.8 Å². The van der Waals surface area contributed by atoms with E-state index in [1.54, 1.807) is 24.8 Å². The fourth-order valence-corrected chi connectivity index (χ4v) is 1.80. The summed E-state index contributed by atoms with van der Waals surface area (Å²) in [6, 6.07) is 11.1. The monoisotopic (exact) mass is 443 g/mol. The fraction of sp³-hybridized carbons (Fsp3) is 0. The van der Waals surface area contributed by atoms with Gasteiger partial charge in [-0.15, -0.1) is 10.2 Å². The van der Waals surface area contributed by atoms with E-state index in [-0.39, 0.29) is 11.9 Å². The van der Waals surface area contributed by atoms with Crippen LogP contribution in [0.5, 0.6) is 0 Å². The minimum atomic E-state index is 0.248. The molecule has 0 spiro atoms. The topological polar surface area (TPSA) is 203 Å². The molecule has 149 valence electrons. The third-order valence-corrected chi connectivity index (χ3v) is 2.98. The van der Waals surface area contributed by atoms with Gasteiger partial charge in [-0.25, -0.2) is 20.2 Å². The Bertz CT molecular complexity index is 978. The van der Waals surface area contributed by atoms with Gasteiger partial charge in [0.25, 0.3) is 11.9 Å².